The summed E-state index contributed by atoms with van der Waals surface area (Å²) in [6.45, 7) is 7.72. The molecule has 0 bridgehead atoms. The predicted octanol–water partition coefficient (Wildman–Crippen LogP) is 5.13. The molecule has 0 aliphatic heterocycles. The standard InChI is InChI=1S/C25H33N5O2S/c1-17-8-5-6-10-22(17)30-24(20-9-7-11-26-15-20)27-28-25(30)33-16-23(31)21-14-18(2)29(19(21)3)12-13-32-4/h7,9,11,14-15,17,22H,5-6,8,10,12-13,16H2,1-4H3/t17-,22-/m1/s1. The van der Waals surface area contributed by atoms with Crippen LogP contribution in [0.4, 0.5) is 0 Å². The highest BCUT2D eigenvalue weighted by molar-refractivity contribution is 7.99. The lowest BCUT2D eigenvalue weighted by Crippen LogP contribution is -2.22. The van der Waals surface area contributed by atoms with Crippen molar-refractivity contribution in [2.45, 2.75) is 64.2 Å². The molecule has 3 heterocycles. The van der Waals surface area contributed by atoms with Crippen molar-refractivity contribution in [1.82, 2.24) is 24.3 Å². The van der Waals surface area contributed by atoms with E-state index in [-0.39, 0.29) is 5.78 Å². The van der Waals surface area contributed by atoms with Gasteiger partial charge in [0, 0.05) is 54.6 Å². The molecule has 176 valence electrons. The fourth-order valence-corrected chi connectivity index (χ4v) is 5.74. The molecule has 1 aliphatic rings. The molecule has 33 heavy (non-hydrogen) atoms. The number of pyridine rings is 1. The topological polar surface area (TPSA) is 74.8 Å². The van der Waals surface area contributed by atoms with Gasteiger partial charge in [0.1, 0.15) is 0 Å². The number of rotatable bonds is 9. The van der Waals surface area contributed by atoms with Crippen LogP contribution in [0.2, 0.25) is 0 Å². The van der Waals surface area contributed by atoms with Gasteiger partial charge in [-0.2, -0.15) is 0 Å². The van der Waals surface area contributed by atoms with Crippen LogP contribution >= 0.6 is 11.8 Å². The smallest absolute Gasteiger partial charge is 0.192 e. The fraction of sp³-hybridized carbons (Fsp3) is 0.520. The summed E-state index contributed by atoms with van der Waals surface area (Å²) < 4.78 is 9.63. The van der Waals surface area contributed by atoms with Crippen LogP contribution in [-0.4, -0.2) is 49.6 Å². The summed E-state index contributed by atoms with van der Waals surface area (Å²) in [4.78, 5) is 17.5. The quantitative estimate of drug-likeness (QED) is 0.321. The van der Waals surface area contributed by atoms with E-state index in [1.807, 2.05) is 38.2 Å². The second kappa shape index (κ2) is 10.7. The second-order valence-corrected chi connectivity index (χ2v) is 9.83. The molecule has 0 aromatic carbocycles. The normalized spacial score (nSPS) is 18.5. The Bertz CT molecular complexity index is 1090. The van der Waals surface area contributed by atoms with E-state index in [1.165, 1.54) is 31.0 Å². The van der Waals surface area contributed by atoms with Gasteiger partial charge in [-0.25, -0.2) is 0 Å². The van der Waals surface area contributed by atoms with Gasteiger partial charge in [-0.05, 0) is 50.8 Å². The number of aromatic nitrogens is 5. The van der Waals surface area contributed by atoms with Gasteiger partial charge in [-0.15, -0.1) is 10.2 Å². The monoisotopic (exact) mass is 467 g/mol. The third-order valence-electron chi connectivity index (χ3n) is 6.71. The predicted molar refractivity (Wildman–Crippen MR) is 131 cm³/mol. The number of aryl methyl sites for hydroxylation is 1. The van der Waals surface area contributed by atoms with Crippen molar-refractivity contribution in [3.8, 4) is 11.4 Å². The maximum Gasteiger partial charge on any atom is 0.192 e. The fourth-order valence-electron chi connectivity index (χ4n) is 4.86. The molecule has 4 rings (SSSR count). The molecule has 0 saturated heterocycles. The SMILES string of the molecule is COCCn1c(C)cc(C(=O)CSc2nnc(-c3cccnc3)n2[C@@H]2CCCC[C@H]2C)c1C. The molecule has 0 unspecified atom stereocenters. The first kappa shape index (κ1) is 23.7. The molecule has 0 radical (unpaired) electrons. The van der Waals surface area contributed by atoms with Crippen LogP contribution in [-0.2, 0) is 11.3 Å². The Morgan fingerprint density at radius 3 is 2.79 bits per heavy atom. The van der Waals surface area contributed by atoms with Crippen molar-refractivity contribution in [1.29, 1.82) is 0 Å². The van der Waals surface area contributed by atoms with Crippen LogP contribution in [0, 0.1) is 19.8 Å². The number of methoxy groups -OCH3 is 1. The molecule has 1 aliphatic carbocycles. The third kappa shape index (κ3) is 5.06. The lowest BCUT2D eigenvalue weighted by atomic mass is 9.85. The zero-order valence-electron chi connectivity index (χ0n) is 20.0. The number of hydrogen-bond donors (Lipinski definition) is 0. The number of ether oxygens (including phenoxy) is 1. The van der Waals surface area contributed by atoms with Gasteiger partial charge < -0.3 is 9.30 Å². The summed E-state index contributed by atoms with van der Waals surface area (Å²) in [6.07, 6.45) is 8.38. The first-order valence-corrected chi connectivity index (χ1v) is 12.7. The van der Waals surface area contributed by atoms with Gasteiger partial charge in [0.25, 0.3) is 0 Å². The van der Waals surface area contributed by atoms with Crippen LogP contribution in [0.15, 0.2) is 35.7 Å². The molecule has 7 nitrogen and oxygen atoms in total. The molecule has 3 aromatic heterocycles. The molecule has 1 fully saturated rings. The summed E-state index contributed by atoms with van der Waals surface area (Å²) in [5.41, 5.74) is 3.81. The summed E-state index contributed by atoms with van der Waals surface area (Å²) in [5.74, 6) is 1.83. The number of thioether (sulfide) groups is 1. The van der Waals surface area contributed by atoms with E-state index >= 15 is 0 Å². The van der Waals surface area contributed by atoms with Crippen LogP contribution < -0.4 is 0 Å². The highest BCUT2D eigenvalue weighted by atomic mass is 32.2. The number of carbonyl (C=O) groups excluding carboxylic acids is 1. The third-order valence-corrected chi connectivity index (χ3v) is 7.65. The maximum atomic E-state index is 13.2. The average Bonchev–Trinajstić information content (AvgIpc) is 3.37. The van der Waals surface area contributed by atoms with Gasteiger partial charge in [0.15, 0.2) is 16.8 Å². The van der Waals surface area contributed by atoms with E-state index in [1.54, 1.807) is 13.3 Å². The molecule has 0 amide bonds. The van der Waals surface area contributed by atoms with Crippen molar-refractivity contribution in [3.63, 3.8) is 0 Å². The summed E-state index contributed by atoms with van der Waals surface area (Å²) in [6, 6.07) is 6.27. The molecule has 1 saturated carbocycles. The lowest BCUT2D eigenvalue weighted by Gasteiger charge is -2.31. The Labute approximate surface area is 200 Å². The van der Waals surface area contributed by atoms with Crippen molar-refractivity contribution in [3.05, 3.63) is 47.5 Å². The Kier molecular flexibility index (Phi) is 7.65. The number of ketones is 1. The van der Waals surface area contributed by atoms with Crippen LogP contribution in [0.25, 0.3) is 11.4 Å². The van der Waals surface area contributed by atoms with Crippen LogP contribution in [0.5, 0.6) is 0 Å². The van der Waals surface area contributed by atoms with Crippen molar-refractivity contribution in [2.24, 2.45) is 5.92 Å². The minimum atomic E-state index is 0.117. The zero-order chi connectivity index (χ0) is 23.4. The molecule has 8 heteroatoms. The second-order valence-electron chi connectivity index (χ2n) is 8.89. The number of carbonyl (C=O) groups is 1. The van der Waals surface area contributed by atoms with Gasteiger partial charge in [0.05, 0.1) is 12.4 Å². The first-order chi connectivity index (χ1) is 16.0. The zero-order valence-corrected chi connectivity index (χ0v) is 20.8. The highest BCUT2D eigenvalue weighted by Crippen LogP contribution is 2.39. The van der Waals surface area contributed by atoms with Crippen molar-refractivity contribution in [2.75, 3.05) is 19.5 Å². The Morgan fingerprint density at radius 2 is 2.06 bits per heavy atom. The first-order valence-electron chi connectivity index (χ1n) is 11.7. The highest BCUT2D eigenvalue weighted by Gasteiger charge is 2.29. The Hall–Kier alpha value is -2.45. The van der Waals surface area contributed by atoms with Gasteiger partial charge in [0.2, 0.25) is 0 Å². The maximum absolute atomic E-state index is 13.2. The number of Topliss-reactive ketones (excluding diaryl/α,β-unsaturated/α-hetero) is 1. The molecule has 0 N–H and O–H groups in total. The van der Waals surface area contributed by atoms with Crippen molar-refractivity contribution >= 4 is 17.5 Å². The summed E-state index contributed by atoms with van der Waals surface area (Å²) >= 11 is 1.49. The van der Waals surface area contributed by atoms with E-state index in [0.717, 1.165) is 46.5 Å². The Morgan fingerprint density at radius 1 is 1.24 bits per heavy atom. The average molecular weight is 468 g/mol. The van der Waals surface area contributed by atoms with E-state index in [9.17, 15) is 4.79 Å². The molecule has 2 atom stereocenters. The number of hydrogen-bond acceptors (Lipinski definition) is 6. The van der Waals surface area contributed by atoms with E-state index in [2.05, 4.69) is 31.2 Å². The van der Waals surface area contributed by atoms with Gasteiger partial charge in [-0.3, -0.25) is 14.3 Å². The molecular formula is C25H33N5O2S. The molecule has 0 spiro atoms. The van der Waals surface area contributed by atoms with E-state index in [4.69, 9.17) is 4.74 Å². The minimum Gasteiger partial charge on any atom is -0.383 e. The van der Waals surface area contributed by atoms with E-state index in [0.29, 0.717) is 24.3 Å². The molecular weight excluding hydrogens is 434 g/mol. The van der Waals surface area contributed by atoms with Crippen molar-refractivity contribution < 1.29 is 9.53 Å². The summed E-state index contributed by atoms with van der Waals surface area (Å²) in [5, 5.41) is 9.88. The number of nitrogens with zero attached hydrogens (tertiary/aromatic N) is 5. The van der Waals surface area contributed by atoms with E-state index < -0.39 is 0 Å². The van der Waals surface area contributed by atoms with Gasteiger partial charge >= 0.3 is 0 Å². The van der Waals surface area contributed by atoms with Crippen LogP contribution in [0.1, 0.15) is 60.4 Å². The minimum absolute atomic E-state index is 0.117. The van der Waals surface area contributed by atoms with Gasteiger partial charge in [-0.1, -0.05) is 31.5 Å². The largest absolute Gasteiger partial charge is 0.383 e. The molecule has 3 aromatic rings. The lowest BCUT2D eigenvalue weighted by molar-refractivity contribution is 0.102. The van der Waals surface area contributed by atoms with Crippen LogP contribution in [0.3, 0.4) is 0 Å². The Balaban J connectivity index is 1.58. The summed E-state index contributed by atoms with van der Waals surface area (Å²) in [7, 11) is 1.69.